The second-order valence-corrected chi connectivity index (χ2v) is 6.31. The van der Waals surface area contributed by atoms with Crippen molar-refractivity contribution in [3.63, 3.8) is 0 Å². The number of esters is 1. The average molecular weight is 409 g/mol. The van der Waals surface area contributed by atoms with Gasteiger partial charge >= 0.3 is 12.3 Å². The fourth-order valence-corrected chi connectivity index (χ4v) is 2.88. The predicted octanol–water partition coefficient (Wildman–Crippen LogP) is 3.55. The number of amides is 1. The molecule has 1 unspecified atom stereocenters. The Balaban J connectivity index is 1.81. The number of alkyl halides is 3. The molecule has 0 saturated carbocycles. The van der Waals surface area contributed by atoms with Crippen molar-refractivity contribution >= 4 is 11.9 Å². The Kier molecular flexibility index (Phi) is 5.95. The van der Waals surface area contributed by atoms with E-state index in [2.05, 4.69) is 9.47 Å². The van der Waals surface area contributed by atoms with Crippen LogP contribution in [0.5, 0.6) is 11.5 Å². The van der Waals surface area contributed by atoms with Gasteiger partial charge in [-0.2, -0.15) is 0 Å². The van der Waals surface area contributed by atoms with Crippen LogP contribution in [-0.4, -0.2) is 42.8 Å². The topological polar surface area (TPSA) is 65.1 Å². The van der Waals surface area contributed by atoms with E-state index in [0.717, 1.165) is 11.6 Å². The molecule has 1 saturated heterocycles. The van der Waals surface area contributed by atoms with E-state index in [4.69, 9.17) is 4.74 Å². The minimum Gasteiger partial charge on any atom is -0.485 e. The molecule has 0 spiro atoms. The monoisotopic (exact) mass is 409 g/mol. The Morgan fingerprint density at radius 2 is 1.83 bits per heavy atom. The molecule has 0 N–H and O–H groups in total. The summed E-state index contributed by atoms with van der Waals surface area (Å²) in [6, 6.07) is 11.7. The molecular formula is C20H18F3NO5. The van der Waals surface area contributed by atoms with E-state index >= 15 is 0 Å². The van der Waals surface area contributed by atoms with Crippen molar-refractivity contribution in [2.24, 2.45) is 0 Å². The Morgan fingerprint density at radius 3 is 2.41 bits per heavy atom. The Hall–Kier alpha value is -3.23. The minimum absolute atomic E-state index is 0.0267. The summed E-state index contributed by atoms with van der Waals surface area (Å²) in [6.07, 6.45) is -4.53. The molecule has 0 bridgehead atoms. The largest absolute Gasteiger partial charge is 0.573 e. The summed E-state index contributed by atoms with van der Waals surface area (Å²) in [7, 11) is 1.21. The highest BCUT2D eigenvalue weighted by atomic mass is 19.4. The molecule has 3 rings (SSSR count). The molecule has 9 heteroatoms. The van der Waals surface area contributed by atoms with Crippen LogP contribution >= 0.6 is 0 Å². The minimum atomic E-state index is -4.96. The molecule has 1 heterocycles. The van der Waals surface area contributed by atoms with Gasteiger partial charge in [-0.1, -0.05) is 30.3 Å². The summed E-state index contributed by atoms with van der Waals surface area (Å²) in [5.41, 5.74) is 0.706. The highest BCUT2D eigenvalue weighted by Crippen LogP contribution is 2.35. The van der Waals surface area contributed by atoms with Crippen LogP contribution < -0.4 is 9.47 Å². The number of carbonyl (C=O) groups is 2. The lowest BCUT2D eigenvalue weighted by Gasteiger charge is -2.38. The number of rotatable bonds is 6. The van der Waals surface area contributed by atoms with Crippen molar-refractivity contribution in [3.8, 4) is 11.5 Å². The van der Waals surface area contributed by atoms with Gasteiger partial charge in [0.25, 0.3) is 5.91 Å². The smallest absolute Gasteiger partial charge is 0.485 e. The van der Waals surface area contributed by atoms with Gasteiger partial charge in [0, 0.05) is 12.1 Å². The average Bonchev–Trinajstić information content (AvgIpc) is 2.65. The van der Waals surface area contributed by atoms with Crippen LogP contribution in [0.15, 0.2) is 48.5 Å². The molecule has 1 aliphatic rings. The zero-order valence-electron chi connectivity index (χ0n) is 15.4. The molecule has 154 valence electrons. The van der Waals surface area contributed by atoms with Gasteiger partial charge in [0.1, 0.15) is 12.6 Å². The highest BCUT2D eigenvalue weighted by Gasteiger charge is 2.39. The fraction of sp³-hybridized carbons (Fsp3) is 0.300. The second-order valence-electron chi connectivity index (χ2n) is 6.31. The molecule has 0 aromatic heterocycles. The van der Waals surface area contributed by atoms with E-state index in [1.807, 2.05) is 0 Å². The van der Waals surface area contributed by atoms with Crippen molar-refractivity contribution in [2.45, 2.75) is 25.4 Å². The maximum atomic E-state index is 12.8. The normalized spacial score (nSPS) is 16.0. The van der Waals surface area contributed by atoms with Gasteiger partial charge in [0.15, 0.2) is 11.5 Å². The number of carbonyl (C=O) groups excluding carboxylic acids is 2. The molecule has 0 aliphatic carbocycles. The van der Waals surface area contributed by atoms with Gasteiger partial charge in [0.05, 0.1) is 7.11 Å². The standard InChI is InChI=1S/C20H18F3NO5/c1-27-19(26)15-9-10-24(15)18(25)14-7-8-16(17(11-14)29-20(21,22)23)28-12-13-5-3-2-4-6-13/h2-8,11,15H,9-10,12H2,1H3. The third-order valence-electron chi connectivity index (χ3n) is 4.41. The first-order valence-electron chi connectivity index (χ1n) is 8.74. The van der Waals surface area contributed by atoms with Gasteiger partial charge in [-0.25, -0.2) is 4.79 Å². The molecule has 1 amide bonds. The lowest BCUT2D eigenvalue weighted by Crippen LogP contribution is -2.55. The number of halogens is 3. The maximum absolute atomic E-state index is 12.8. The number of hydrogen-bond acceptors (Lipinski definition) is 5. The Bertz CT molecular complexity index is 885. The maximum Gasteiger partial charge on any atom is 0.573 e. The molecule has 2 aromatic carbocycles. The molecule has 29 heavy (non-hydrogen) atoms. The van der Waals surface area contributed by atoms with Crippen LogP contribution in [0.4, 0.5) is 13.2 Å². The van der Waals surface area contributed by atoms with Crippen molar-refractivity contribution in [3.05, 3.63) is 59.7 Å². The molecule has 2 aromatic rings. The van der Waals surface area contributed by atoms with E-state index in [1.54, 1.807) is 30.3 Å². The number of methoxy groups -OCH3 is 1. The van der Waals surface area contributed by atoms with Crippen LogP contribution in [0.1, 0.15) is 22.3 Å². The molecule has 0 radical (unpaired) electrons. The van der Waals surface area contributed by atoms with Gasteiger partial charge in [-0.3, -0.25) is 4.79 Å². The van der Waals surface area contributed by atoms with Crippen molar-refractivity contribution in [2.75, 3.05) is 13.7 Å². The van der Waals surface area contributed by atoms with Crippen LogP contribution in [-0.2, 0) is 16.1 Å². The summed E-state index contributed by atoms with van der Waals surface area (Å²) in [4.78, 5) is 25.5. The van der Waals surface area contributed by atoms with Crippen molar-refractivity contribution < 1.29 is 37.0 Å². The Labute approximate surface area is 164 Å². The second kappa shape index (κ2) is 8.42. The predicted molar refractivity (Wildman–Crippen MR) is 95.4 cm³/mol. The number of hydrogen-bond donors (Lipinski definition) is 0. The zero-order valence-corrected chi connectivity index (χ0v) is 15.4. The number of nitrogens with zero attached hydrogens (tertiary/aromatic N) is 1. The van der Waals surface area contributed by atoms with Crippen LogP contribution in [0.3, 0.4) is 0 Å². The molecular weight excluding hydrogens is 391 g/mol. The SMILES string of the molecule is COC(=O)C1CCN1C(=O)c1ccc(OCc2ccccc2)c(OC(F)(F)F)c1. The van der Waals surface area contributed by atoms with Crippen molar-refractivity contribution in [1.29, 1.82) is 0 Å². The highest BCUT2D eigenvalue weighted by molar-refractivity contribution is 5.98. The van der Waals surface area contributed by atoms with Gasteiger partial charge < -0.3 is 19.1 Å². The van der Waals surface area contributed by atoms with E-state index in [1.165, 1.54) is 24.1 Å². The first-order chi connectivity index (χ1) is 13.8. The summed E-state index contributed by atoms with van der Waals surface area (Å²) in [5, 5.41) is 0. The summed E-state index contributed by atoms with van der Waals surface area (Å²) in [6.45, 7) is 0.333. The lowest BCUT2D eigenvalue weighted by molar-refractivity contribution is -0.275. The summed E-state index contributed by atoms with van der Waals surface area (Å²) < 4.78 is 52.6. The van der Waals surface area contributed by atoms with Crippen LogP contribution in [0, 0.1) is 0 Å². The van der Waals surface area contributed by atoms with E-state index in [0.29, 0.717) is 13.0 Å². The zero-order chi connectivity index (χ0) is 21.0. The fourth-order valence-electron chi connectivity index (χ4n) is 2.88. The number of likely N-dealkylation sites (tertiary alicyclic amines) is 1. The third-order valence-corrected chi connectivity index (χ3v) is 4.41. The first-order valence-corrected chi connectivity index (χ1v) is 8.74. The molecule has 1 aliphatic heterocycles. The third kappa shape index (κ3) is 4.98. The van der Waals surface area contributed by atoms with Gasteiger partial charge in [-0.15, -0.1) is 13.2 Å². The van der Waals surface area contributed by atoms with Gasteiger partial charge in [0.2, 0.25) is 0 Å². The van der Waals surface area contributed by atoms with E-state index < -0.39 is 30.0 Å². The lowest BCUT2D eigenvalue weighted by atomic mass is 10.0. The van der Waals surface area contributed by atoms with Crippen LogP contribution in [0.2, 0.25) is 0 Å². The molecule has 6 nitrogen and oxygen atoms in total. The molecule has 1 atom stereocenters. The number of benzene rings is 2. The van der Waals surface area contributed by atoms with E-state index in [9.17, 15) is 22.8 Å². The first kappa shape index (κ1) is 20.5. The summed E-state index contributed by atoms with van der Waals surface area (Å²) >= 11 is 0. The quantitative estimate of drug-likeness (QED) is 0.683. The number of ether oxygens (including phenoxy) is 3. The van der Waals surface area contributed by atoms with Crippen LogP contribution in [0.25, 0.3) is 0 Å². The van der Waals surface area contributed by atoms with Crippen molar-refractivity contribution in [1.82, 2.24) is 4.90 Å². The van der Waals surface area contributed by atoms with E-state index in [-0.39, 0.29) is 17.9 Å². The van der Waals surface area contributed by atoms with Gasteiger partial charge in [-0.05, 0) is 30.2 Å². The molecule has 1 fully saturated rings. The summed E-state index contributed by atoms with van der Waals surface area (Å²) in [5.74, 6) is -1.95. The Morgan fingerprint density at radius 1 is 1.10 bits per heavy atom.